The SMILES string of the molecule is O=C(CNc1cccc(Br)c1)N/N=C/c1cccc(Oc2ccccc2)c1. The van der Waals surface area contributed by atoms with Crippen LogP contribution in [0.3, 0.4) is 0 Å². The van der Waals surface area contributed by atoms with Crippen LogP contribution in [0.25, 0.3) is 0 Å². The highest BCUT2D eigenvalue weighted by Gasteiger charge is 2.01. The van der Waals surface area contributed by atoms with Gasteiger partial charge in [-0.2, -0.15) is 5.10 Å². The Morgan fingerprint density at radius 3 is 2.56 bits per heavy atom. The van der Waals surface area contributed by atoms with E-state index in [-0.39, 0.29) is 12.5 Å². The molecule has 27 heavy (non-hydrogen) atoms. The Hall–Kier alpha value is -3.12. The van der Waals surface area contributed by atoms with Gasteiger partial charge < -0.3 is 10.1 Å². The molecule has 6 heteroatoms. The molecule has 0 aromatic heterocycles. The van der Waals surface area contributed by atoms with E-state index in [1.54, 1.807) is 6.21 Å². The summed E-state index contributed by atoms with van der Waals surface area (Å²) in [6.07, 6.45) is 1.58. The first-order valence-corrected chi connectivity index (χ1v) is 9.13. The minimum atomic E-state index is -0.233. The molecule has 3 rings (SSSR count). The molecule has 3 aromatic rings. The molecule has 0 unspecified atom stereocenters. The summed E-state index contributed by atoms with van der Waals surface area (Å²) in [6.45, 7) is 0.130. The van der Waals surface area contributed by atoms with Gasteiger partial charge in [0.25, 0.3) is 5.91 Å². The molecule has 1 amide bonds. The van der Waals surface area contributed by atoms with Crippen LogP contribution in [0.15, 0.2) is 88.4 Å². The van der Waals surface area contributed by atoms with Gasteiger partial charge in [-0.05, 0) is 48.0 Å². The molecule has 0 aliphatic rings. The molecular formula is C21H18BrN3O2. The standard InChI is InChI=1S/C21H18BrN3O2/c22-17-7-5-8-18(13-17)23-15-21(26)25-24-14-16-6-4-11-20(12-16)27-19-9-2-1-3-10-19/h1-14,23H,15H2,(H,25,26)/b24-14+. The van der Waals surface area contributed by atoms with Crippen LogP contribution < -0.4 is 15.5 Å². The Kier molecular flexibility index (Phi) is 6.60. The summed E-state index contributed by atoms with van der Waals surface area (Å²) >= 11 is 3.39. The molecule has 0 spiro atoms. The number of nitrogens with zero attached hydrogens (tertiary/aromatic N) is 1. The fourth-order valence-electron chi connectivity index (χ4n) is 2.28. The number of carbonyl (C=O) groups is 1. The average molecular weight is 424 g/mol. The van der Waals surface area contributed by atoms with Crippen molar-refractivity contribution in [3.05, 3.63) is 88.9 Å². The van der Waals surface area contributed by atoms with Crippen molar-refractivity contribution in [1.82, 2.24) is 5.43 Å². The average Bonchev–Trinajstić information content (AvgIpc) is 2.68. The number of ether oxygens (including phenoxy) is 1. The molecule has 0 bridgehead atoms. The van der Waals surface area contributed by atoms with Gasteiger partial charge in [0.2, 0.25) is 0 Å². The lowest BCUT2D eigenvalue weighted by molar-refractivity contribution is -0.119. The van der Waals surface area contributed by atoms with Crippen molar-refractivity contribution in [2.75, 3.05) is 11.9 Å². The fourth-order valence-corrected chi connectivity index (χ4v) is 2.68. The number of benzene rings is 3. The van der Waals surface area contributed by atoms with Crippen LogP contribution in [-0.4, -0.2) is 18.7 Å². The zero-order valence-electron chi connectivity index (χ0n) is 14.4. The highest BCUT2D eigenvalue weighted by Crippen LogP contribution is 2.21. The second-order valence-corrected chi connectivity index (χ2v) is 6.56. The molecule has 5 nitrogen and oxygen atoms in total. The maximum absolute atomic E-state index is 11.9. The highest BCUT2D eigenvalue weighted by molar-refractivity contribution is 9.10. The van der Waals surface area contributed by atoms with E-state index in [0.29, 0.717) is 5.75 Å². The summed E-state index contributed by atoms with van der Waals surface area (Å²) in [5.41, 5.74) is 4.18. The van der Waals surface area contributed by atoms with Crippen LogP contribution in [0.1, 0.15) is 5.56 Å². The third kappa shape index (κ3) is 6.27. The van der Waals surface area contributed by atoms with Gasteiger partial charge in [0.05, 0.1) is 12.8 Å². The number of anilines is 1. The Balaban J connectivity index is 1.50. The Labute approximate surface area is 166 Å². The smallest absolute Gasteiger partial charge is 0.259 e. The van der Waals surface area contributed by atoms with E-state index >= 15 is 0 Å². The van der Waals surface area contributed by atoms with Gasteiger partial charge in [0.15, 0.2) is 0 Å². The van der Waals surface area contributed by atoms with E-state index in [4.69, 9.17) is 4.74 Å². The number of halogens is 1. The maximum atomic E-state index is 11.9. The summed E-state index contributed by atoms with van der Waals surface area (Å²) in [4.78, 5) is 11.9. The topological polar surface area (TPSA) is 62.7 Å². The molecule has 3 aromatic carbocycles. The first-order valence-electron chi connectivity index (χ1n) is 8.33. The van der Waals surface area contributed by atoms with Crippen molar-refractivity contribution >= 4 is 33.7 Å². The zero-order valence-corrected chi connectivity index (χ0v) is 16.0. The van der Waals surface area contributed by atoms with Crippen LogP contribution in [0.4, 0.5) is 5.69 Å². The minimum Gasteiger partial charge on any atom is -0.457 e. The van der Waals surface area contributed by atoms with E-state index in [1.807, 2.05) is 78.9 Å². The van der Waals surface area contributed by atoms with Crippen LogP contribution in [-0.2, 0) is 4.79 Å². The van der Waals surface area contributed by atoms with Crippen LogP contribution in [0, 0.1) is 0 Å². The van der Waals surface area contributed by atoms with E-state index in [2.05, 4.69) is 31.8 Å². The molecule has 0 fully saturated rings. The van der Waals surface area contributed by atoms with Gasteiger partial charge in [0, 0.05) is 10.2 Å². The summed E-state index contributed by atoms with van der Waals surface area (Å²) in [6, 6.07) is 24.6. The number of hydrazone groups is 1. The lowest BCUT2D eigenvalue weighted by Gasteiger charge is -2.06. The van der Waals surface area contributed by atoms with Crippen LogP contribution in [0.2, 0.25) is 0 Å². The van der Waals surface area contributed by atoms with Gasteiger partial charge >= 0.3 is 0 Å². The van der Waals surface area contributed by atoms with Crippen molar-refractivity contribution in [1.29, 1.82) is 0 Å². The van der Waals surface area contributed by atoms with Gasteiger partial charge in [-0.3, -0.25) is 4.79 Å². The minimum absolute atomic E-state index is 0.130. The molecule has 0 saturated heterocycles. The third-order valence-corrected chi connectivity index (χ3v) is 4.01. The van der Waals surface area contributed by atoms with Crippen LogP contribution in [0.5, 0.6) is 11.5 Å². The maximum Gasteiger partial charge on any atom is 0.259 e. The van der Waals surface area contributed by atoms with Gasteiger partial charge in [0.1, 0.15) is 11.5 Å². The number of hydrogen-bond donors (Lipinski definition) is 2. The molecule has 2 N–H and O–H groups in total. The number of amides is 1. The summed E-state index contributed by atoms with van der Waals surface area (Å²) in [5, 5.41) is 7.02. The number of hydrogen-bond acceptors (Lipinski definition) is 4. The molecule has 136 valence electrons. The van der Waals surface area contributed by atoms with Crippen molar-refractivity contribution in [2.24, 2.45) is 5.10 Å². The quantitative estimate of drug-likeness (QED) is 0.423. The molecule has 0 atom stereocenters. The molecule has 0 aliphatic carbocycles. The fraction of sp³-hybridized carbons (Fsp3) is 0.0476. The summed E-state index contributed by atoms with van der Waals surface area (Å²) in [7, 11) is 0. The number of rotatable bonds is 7. The Morgan fingerprint density at radius 2 is 1.74 bits per heavy atom. The molecule has 0 aliphatic heterocycles. The van der Waals surface area contributed by atoms with Gasteiger partial charge in [-0.15, -0.1) is 0 Å². The molecule has 0 saturated carbocycles. The van der Waals surface area contributed by atoms with Crippen molar-refractivity contribution in [3.63, 3.8) is 0 Å². The van der Waals surface area contributed by atoms with E-state index in [0.717, 1.165) is 21.5 Å². The van der Waals surface area contributed by atoms with E-state index < -0.39 is 0 Å². The summed E-state index contributed by atoms with van der Waals surface area (Å²) in [5.74, 6) is 1.23. The molecule has 0 radical (unpaired) electrons. The number of nitrogens with one attached hydrogen (secondary N) is 2. The monoisotopic (exact) mass is 423 g/mol. The summed E-state index contributed by atoms with van der Waals surface area (Å²) < 4.78 is 6.73. The zero-order chi connectivity index (χ0) is 18.9. The lowest BCUT2D eigenvalue weighted by Crippen LogP contribution is -2.25. The van der Waals surface area contributed by atoms with Gasteiger partial charge in [-0.1, -0.05) is 52.3 Å². The normalized spacial score (nSPS) is 10.6. The van der Waals surface area contributed by atoms with Gasteiger partial charge in [-0.25, -0.2) is 5.43 Å². The highest BCUT2D eigenvalue weighted by atomic mass is 79.9. The second-order valence-electron chi connectivity index (χ2n) is 5.64. The molecule has 0 heterocycles. The molecular weight excluding hydrogens is 406 g/mol. The predicted octanol–water partition coefficient (Wildman–Crippen LogP) is 4.80. The lowest BCUT2D eigenvalue weighted by atomic mass is 10.2. The van der Waals surface area contributed by atoms with E-state index in [9.17, 15) is 4.79 Å². The number of carbonyl (C=O) groups excluding carboxylic acids is 1. The Bertz CT molecular complexity index is 929. The van der Waals surface area contributed by atoms with Crippen molar-refractivity contribution in [3.8, 4) is 11.5 Å². The number of para-hydroxylation sites is 1. The van der Waals surface area contributed by atoms with Crippen molar-refractivity contribution in [2.45, 2.75) is 0 Å². The van der Waals surface area contributed by atoms with Crippen molar-refractivity contribution < 1.29 is 9.53 Å². The first kappa shape index (κ1) is 18.7. The first-order chi connectivity index (χ1) is 13.2. The Morgan fingerprint density at radius 1 is 0.963 bits per heavy atom. The second kappa shape index (κ2) is 9.54. The van der Waals surface area contributed by atoms with Crippen LogP contribution >= 0.6 is 15.9 Å². The largest absolute Gasteiger partial charge is 0.457 e. The van der Waals surface area contributed by atoms with E-state index in [1.165, 1.54) is 0 Å². The predicted molar refractivity (Wildman–Crippen MR) is 111 cm³/mol. The third-order valence-electron chi connectivity index (χ3n) is 3.52.